The van der Waals surface area contributed by atoms with E-state index in [0.29, 0.717) is 5.41 Å². The van der Waals surface area contributed by atoms with Gasteiger partial charge in [0.25, 0.3) is 0 Å². The zero-order valence-corrected chi connectivity index (χ0v) is 18.3. The molecule has 0 amide bonds. The smallest absolute Gasteiger partial charge is 0.00609 e. The number of nitrogens with zero attached hydrogens (tertiary/aromatic N) is 1. The molecule has 1 nitrogen and oxygen atoms in total. The molecule has 1 rings (SSSR count). The van der Waals surface area contributed by atoms with Crippen molar-refractivity contribution < 1.29 is 0 Å². The molecule has 1 aliphatic rings. The molecule has 0 radical (unpaired) electrons. The van der Waals surface area contributed by atoms with Gasteiger partial charge in [-0.2, -0.15) is 0 Å². The SMILES string of the molecule is CC1CCCC(C)(C)C1CCC(C)N(C)C.CCCCCC.Cl. The number of unbranched alkanes of at least 4 members (excludes halogenated alkanes) is 3. The Morgan fingerprint density at radius 2 is 1.61 bits per heavy atom. The van der Waals surface area contributed by atoms with Crippen LogP contribution in [0.1, 0.15) is 99.3 Å². The molecule has 0 spiro atoms. The van der Waals surface area contributed by atoms with Gasteiger partial charge in [-0.1, -0.05) is 73.1 Å². The van der Waals surface area contributed by atoms with Crippen molar-refractivity contribution in [3.05, 3.63) is 0 Å². The van der Waals surface area contributed by atoms with Gasteiger partial charge in [-0.3, -0.25) is 0 Å². The summed E-state index contributed by atoms with van der Waals surface area (Å²) >= 11 is 0. The van der Waals surface area contributed by atoms with Gasteiger partial charge in [0.1, 0.15) is 0 Å². The van der Waals surface area contributed by atoms with Crippen LogP contribution in [0.3, 0.4) is 0 Å². The highest BCUT2D eigenvalue weighted by Crippen LogP contribution is 2.46. The van der Waals surface area contributed by atoms with Crippen molar-refractivity contribution in [3.63, 3.8) is 0 Å². The van der Waals surface area contributed by atoms with E-state index in [1.807, 2.05) is 0 Å². The largest absolute Gasteiger partial charge is 0.307 e. The lowest BCUT2D eigenvalue weighted by Crippen LogP contribution is -2.35. The second kappa shape index (κ2) is 13.5. The first-order valence-electron chi connectivity index (χ1n) is 9.92. The van der Waals surface area contributed by atoms with Gasteiger partial charge in [-0.05, 0) is 57.5 Å². The Kier molecular flexibility index (Phi) is 15.0. The van der Waals surface area contributed by atoms with Crippen molar-refractivity contribution >= 4 is 12.4 Å². The molecule has 0 N–H and O–H groups in total. The summed E-state index contributed by atoms with van der Waals surface area (Å²) < 4.78 is 0. The van der Waals surface area contributed by atoms with E-state index in [1.165, 1.54) is 57.8 Å². The Morgan fingerprint density at radius 1 is 1.09 bits per heavy atom. The predicted octanol–water partition coefficient (Wildman–Crippen LogP) is 7.19. The first-order valence-corrected chi connectivity index (χ1v) is 9.92. The normalized spacial score (nSPS) is 24.4. The maximum Gasteiger partial charge on any atom is 0.00609 e. The van der Waals surface area contributed by atoms with Gasteiger partial charge in [0, 0.05) is 6.04 Å². The van der Waals surface area contributed by atoms with Gasteiger partial charge >= 0.3 is 0 Å². The lowest BCUT2D eigenvalue weighted by molar-refractivity contribution is 0.0688. The van der Waals surface area contributed by atoms with Crippen LogP contribution < -0.4 is 0 Å². The minimum absolute atomic E-state index is 0. The van der Waals surface area contributed by atoms with Gasteiger partial charge in [0.05, 0.1) is 0 Å². The molecule has 1 aliphatic carbocycles. The molecule has 0 aromatic heterocycles. The lowest BCUT2D eigenvalue weighted by atomic mass is 9.62. The Labute approximate surface area is 154 Å². The highest BCUT2D eigenvalue weighted by atomic mass is 35.5. The van der Waals surface area contributed by atoms with Gasteiger partial charge in [0.2, 0.25) is 0 Å². The monoisotopic (exact) mass is 347 g/mol. The molecular formula is C21H46ClN. The van der Waals surface area contributed by atoms with E-state index in [9.17, 15) is 0 Å². The molecule has 1 saturated carbocycles. The molecule has 0 aromatic carbocycles. The zero-order valence-electron chi connectivity index (χ0n) is 17.5. The van der Waals surface area contributed by atoms with Crippen LogP contribution in [0, 0.1) is 17.3 Å². The fraction of sp³-hybridized carbons (Fsp3) is 1.00. The number of hydrogen-bond acceptors (Lipinski definition) is 1. The topological polar surface area (TPSA) is 3.24 Å². The highest BCUT2D eigenvalue weighted by Gasteiger charge is 2.36. The molecule has 0 bridgehead atoms. The quantitative estimate of drug-likeness (QED) is 0.440. The van der Waals surface area contributed by atoms with Gasteiger partial charge < -0.3 is 4.90 Å². The van der Waals surface area contributed by atoms with E-state index in [-0.39, 0.29) is 12.4 Å². The van der Waals surface area contributed by atoms with Crippen LogP contribution in [0.25, 0.3) is 0 Å². The summed E-state index contributed by atoms with van der Waals surface area (Å²) in [6.07, 6.45) is 12.6. The van der Waals surface area contributed by atoms with Crippen LogP contribution in [-0.4, -0.2) is 25.0 Å². The molecule has 2 heteroatoms. The zero-order chi connectivity index (χ0) is 17.2. The van der Waals surface area contributed by atoms with E-state index >= 15 is 0 Å². The third-order valence-electron chi connectivity index (χ3n) is 5.91. The Hall–Kier alpha value is 0.250. The van der Waals surface area contributed by atoms with Gasteiger partial charge in [0.15, 0.2) is 0 Å². The summed E-state index contributed by atoms with van der Waals surface area (Å²) in [5.41, 5.74) is 0.573. The van der Waals surface area contributed by atoms with Crippen molar-refractivity contribution in [2.45, 2.75) is 105 Å². The van der Waals surface area contributed by atoms with Gasteiger partial charge in [-0.15, -0.1) is 12.4 Å². The number of rotatable bonds is 7. The fourth-order valence-electron chi connectivity index (χ4n) is 3.89. The third-order valence-corrected chi connectivity index (χ3v) is 5.91. The van der Waals surface area contributed by atoms with E-state index < -0.39 is 0 Å². The van der Waals surface area contributed by atoms with Crippen LogP contribution in [-0.2, 0) is 0 Å². The molecule has 3 unspecified atom stereocenters. The fourth-order valence-corrected chi connectivity index (χ4v) is 3.89. The molecule has 0 aromatic rings. The van der Waals surface area contributed by atoms with Crippen LogP contribution >= 0.6 is 12.4 Å². The number of halogens is 1. The van der Waals surface area contributed by atoms with Crippen molar-refractivity contribution in [2.24, 2.45) is 17.3 Å². The second-order valence-electron chi connectivity index (χ2n) is 8.56. The molecule has 0 heterocycles. The van der Waals surface area contributed by atoms with E-state index in [2.05, 4.69) is 60.5 Å². The average Bonchev–Trinajstić information content (AvgIpc) is 2.44. The molecule has 0 aliphatic heterocycles. The first kappa shape index (κ1) is 25.5. The minimum Gasteiger partial charge on any atom is -0.307 e. The Bertz CT molecular complexity index is 259. The second-order valence-corrected chi connectivity index (χ2v) is 8.56. The molecule has 3 atom stereocenters. The van der Waals surface area contributed by atoms with Crippen LogP contribution in [0.5, 0.6) is 0 Å². The summed E-state index contributed by atoms with van der Waals surface area (Å²) in [6, 6.07) is 0.727. The maximum atomic E-state index is 2.48. The van der Waals surface area contributed by atoms with Crippen molar-refractivity contribution in [2.75, 3.05) is 14.1 Å². The molecule has 1 fully saturated rings. The Balaban J connectivity index is 0. The Morgan fingerprint density at radius 3 is 2.00 bits per heavy atom. The van der Waals surface area contributed by atoms with Crippen LogP contribution in [0.4, 0.5) is 0 Å². The molecule has 23 heavy (non-hydrogen) atoms. The van der Waals surface area contributed by atoms with Crippen molar-refractivity contribution in [1.82, 2.24) is 4.90 Å². The van der Waals surface area contributed by atoms with E-state index in [4.69, 9.17) is 0 Å². The minimum atomic E-state index is 0. The molecule has 0 saturated heterocycles. The standard InChI is InChI=1S/C15H31N.C6H14.ClH/c1-12-8-7-11-15(3,4)14(12)10-9-13(2)16(5)6;1-3-5-6-4-2;/h12-14H,7-11H2,1-6H3;3-6H2,1-2H3;1H. The number of hydrogen-bond donors (Lipinski definition) is 0. The van der Waals surface area contributed by atoms with Crippen molar-refractivity contribution in [3.8, 4) is 0 Å². The summed E-state index contributed by atoms with van der Waals surface area (Å²) in [5.74, 6) is 1.86. The summed E-state index contributed by atoms with van der Waals surface area (Å²) in [7, 11) is 4.39. The third kappa shape index (κ3) is 10.7. The highest BCUT2D eigenvalue weighted by molar-refractivity contribution is 5.85. The molecule has 142 valence electrons. The van der Waals surface area contributed by atoms with Crippen LogP contribution in [0.2, 0.25) is 0 Å². The first-order chi connectivity index (χ1) is 10.3. The van der Waals surface area contributed by atoms with Gasteiger partial charge in [-0.25, -0.2) is 0 Å². The summed E-state index contributed by atoms with van der Waals surface area (Å²) in [5, 5.41) is 0. The summed E-state index contributed by atoms with van der Waals surface area (Å²) in [6.45, 7) is 14.2. The lowest BCUT2D eigenvalue weighted by Gasteiger charge is -2.43. The van der Waals surface area contributed by atoms with Crippen molar-refractivity contribution in [1.29, 1.82) is 0 Å². The van der Waals surface area contributed by atoms with E-state index in [1.54, 1.807) is 0 Å². The van der Waals surface area contributed by atoms with E-state index in [0.717, 1.165) is 17.9 Å². The summed E-state index contributed by atoms with van der Waals surface area (Å²) in [4.78, 5) is 2.35. The predicted molar refractivity (Wildman–Crippen MR) is 110 cm³/mol. The average molecular weight is 348 g/mol. The maximum absolute atomic E-state index is 2.48. The van der Waals surface area contributed by atoms with Crippen LogP contribution in [0.15, 0.2) is 0 Å². The molecular weight excluding hydrogens is 302 g/mol.